The van der Waals surface area contributed by atoms with E-state index in [1.807, 2.05) is 76.2 Å². The van der Waals surface area contributed by atoms with Crippen molar-refractivity contribution in [2.45, 2.75) is 27.7 Å². The number of hydrogen-bond donors (Lipinski definition) is 1. The third kappa shape index (κ3) is 4.52. The Morgan fingerprint density at radius 1 is 0.941 bits per heavy atom. The van der Waals surface area contributed by atoms with Crippen LogP contribution in [-0.2, 0) is 9.59 Å². The van der Waals surface area contributed by atoms with Crippen LogP contribution in [0.2, 0.25) is 0 Å². The van der Waals surface area contributed by atoms with Gasteiger partial charge >= 0.3 is 0 Å². The smallest absolute Gasteiger partial charge is 0.270 e. The molecule has 3 aromatic carbocycles. The van der Waals surface area contributed by atoms with Gasteiger partial charge in [0.25, 0.3) is 11.8 Å². The van der Waals surface area contributed by atoms with E-state index in [2.05, 4.69) is 5.32 Å². The molecule has 0 radical (unpaired) electrons. The van der Waals surface area contributed by atoms with Gasteiger partial charge in [-0.05, 0) is 98.2 Å². The number of fused-ring (bicyclic) bond motifs is 1. The normalized spacial score (nSPS) is 15.1. The van der Waals surface area contributed by atoms with Gasteiger partial charge in [-0.25, -0.2) is 0 Å². The van der Waals surface area contributed by atoms with Gasteiger partial charge in [-0.3, -0.25) is 19.8 Å². The third-order valence-corrected chi connectivity index (χ3v) is 5.75. The molecule has 0 bridgehead atoms. The van der Waals surface area contributed by atoms with E-state index in [9.17, 15) is 9.59 Å². The molecule has 0 saturated carbocycles. The molecule has 0 atom stereocenters. The van der Waals surface area contributed by atoms with E-state index in [4.69, 9.17) is 21.7 Å². The van der Waals surface area contributed by atoms with Crippen molar-refractivity contribution in [2.75, 3.05) is 18.1 Å². The Hall–Kier alpha value is -3.71. The Morgan fingerprint density at radius 3 is 2.29 bits per heavy atom. The quantitative estimate of drug-likeness (QED) is 0.306. The second-order valence-electron chi connectivity index (χ2n) is 8.03. The van der Waals surface area contributed by atoms with Crippen LogP contribution in [0, 0.1) is 13.8 Å². The van der Waals surface area contributed by atoms with Gasteiger partial charge < -0.3 is 9.47 Å². The summed E-state index contributed by atoms with van der Waals surface area (Å²) in [4.78, 5) is 27.9. The topological polar surface area (TPSA) is 67.9 Å². The third-order valence-electron chi connectivity index (χ3n) is 5.46. The lowest BCUT2D eigenvalue weighted by Gasteiger charge is -2.29. The van der Waals surface area contributed by atoms with Gasteiger partial charge in [0.1, 0.15) is 17.1 Å². The molecular weight excluding hydrogens is 448 g/mol. The fraction of sp³-hybridized carbons (Fsp3) is 0.222. The van der Waals surface area contributed by atoms with Gasteiger partial charge in [0.05, 0.1) is 18.9 Å². The maximum Gasteiger partial charge on any atom is 0.270 e. The molecule has 0 unspecified atom stereocenters. The molecule has 0 aromatic heterocycles. The maximum absolute atomic E-state index is 13.6. The van der Waals surface area contributed by atoms with Crippen LogP contribution in [0.25, 0.3) is 16.8 Å². The number of carbonyl (C=O) groups is 2. The number of rotatable bonds is 6. The Labute approximate surface area is 204 Å². The molecule has 3 aromatic rings. The van der Waals surface area contributed by atoms with Crippen molar-refractivity contribution in [3.8, 4) is 11.5 Å². The van der Waals surface area contributed by atoms with Crippen LogP contribution in [0.4, 0.5) is 5.69 Å². The number of aryl methyl sites for hydroxylation is 2. The lowest BCUT2D eigenvalue weighted by molar-refractivity contribution is -0.122. The Morgan fingerprint density at radius 2 is 1.62 bits per heavy atom. The van der Waals surface area contributed by atoms with Gasteiger partial charge in [0.2, 0.25) is 0 Å². The van der Waals surface area contributed by atoms with E-state index in [1.165, 1.54) is 4.90 Å². The molecule has 1 saturated heterocycles. The standard InChI is InChI=1S/C27H26N2O4S/c1-5-32-20-9-7-18-8-10-24(33-6-2)22(21(18)14-20)15-23-25(30)28-27(34)29(26(23)31)19-12-16(3)11-17(4)13-19/h7-15H,5-6H2,1-4H3,(H,28,30,34)/b23-15+. The molecule has 0 aliphatic carbocycles. The second kappa shape index (κ2) is 9.65. The molecule has 0 spiro atoms. The van der Waals surface area contributed by atoms with Crippen molar-refractivity contribution in [1.29, 1.82) is 0 Å². The van der Waals surface area contributed by atoms with Gasteiger partial charge in [-0.1, -0.05) is 18.2 Å². The van der Waals surface area contributed by atoms with Crippen molar-refractivity contribution in [2.24, 2.45) is 0 Å². The number of amides is 2. The predicted octanol–water partition coefficient (Wildman–Crippen LogP) is 5.09. The Bertz CT molecular complexity index is 1320. The zero-order valence-corrected chi connectivity index (χ0v) is 20.4. The number of carbonyl (C=O) groups excluding carboxylic acids is 2. The van der Waals surface area contributed by atoms with E-state index in [1.54, 1.807) is 6.08 Å². The summed E-state index contributed by atoms with van der Waals surface area (Å²) in [5.41, 5.74) is 3.20. The lowest BCUT2D eigenvalue weighted by atomic mass is 9.99. The van der Waals surface area contributed by atoms with Crippen LogP contribution in [-0.4, -0.2) is 30.1 Å². The predicted molar refractivity (Wildman–Crippen MR) is 138 cm³/mol. The number of hydrogen-bond acceptors (Lipinski definition) is 5. The van der Waals surface area contributed by atoms with Crippen molar-refractivity contribution >= 4 is 51.7 Å². The average molecular weight is 475 g/mol. The summed E-state index contributed by atoms with van der Waals surface area (Å²) in [5, 5.41) is 4.47. The van der Waals surface area contributed by atoms with Crippen molar-refractivity contribution in [1.82, 2.24) is 5.32 Å². The first-order chi connectivity index (χ1) is 16.3. The summed E-state index contributed by atoms with van der Waals surface area (Å²) in [7, 11) is 0. The maximum atomic E-state index is 13.6. The molecule has 4 rings (SSSR count). The first-order valence-corrected chi connectivity index (χ1v) is 11.5. The zero-order chi connectivity index (χ0) is 24.4. The highest BCUT2D eigenvalue weighted by Gasteiger charge is 2.35. The van der Waals surface area contributed by atoms with Gasteiger partial charge in [-0.15, -0.1) is 0 Å². The minimum absolute atomic E-state index is 0.0250. The number of ether oxygens (including phenoxy) is 2. The van der Waals surface area contributed by atoms with Crippen LogP contribution < -0.4 is 19.7 Å². The Balaban J connectivity index is 1.89. The van der Waals surface area contributed by atoms with Crippen LogP contribution in [0.5, 0.6) is 11.5 Å². The summed E-state index contributed by atoms with van der Waals surface area (Å²) < 4.78 is 11.5. The second-order valence-corrected chi connectivity index (χ2v) is 8.42. The van der Waals surface area contributed by atoms with Crippen LogP contribution in [0.15, 0.2) is 54.1 Å². The molecule has 2 amide bonds. The summed E-state index contributed by atoms with van der Waals surface area (Å²) in [5.74, 6) is 0.235. The number of anilines is 1. The fourth-order valence-corrected chi connectivity index (χ4v) is 4.39. The van der Waals surface area contributed by atoms with E-state index < -0.39 is 11.8 Å². The van der Waals surface area contributed by atoms with Crippen LogP contribution in [0.1, 0.15) is 30.5 Å². The van der Waals surface area contributed by atoms with Crippen molar-refractivity contribution < 1.29 is 19.1 Å². The molecule has 7 heteroatoms. The van der Waals surface area contributed by atoms with Crippen molar-refractivity contribution in [3.63, 3.8) is 0 Å². The molecule has 1 heterocycles. The SMILES string of the molecule is CCOc1ccc2ccc(OCC)c(/C=C3\C(=O)NC(=S)N(c4cc(C)cc(C)c4)C3=O)c2c1. The minimum Gasteiger partial charge on any atom is -0.494 e. The monoisotopic (exact) mass is 474 g/mol. The number of nitrogens with zero attached hydrogens (tertiary/aromatic N) is 1. The molecule has 6 nitrogen and oxygen atoms in total. The molecule has 1 N–H and O–H groups in total. The fourth-order valence-electron chi connectivity index (χ4n) is 4.10. The van der Waals surface area contributed by atoms with E-state index in [0.29, 0.717) is 36.0 Å². The van der Waals surface area contributed by atoms with E-state index in [0.717, 1.165) is 21.9 Å². The molecule has 34 heavy (non-hydrogen) atoms. The largest absolute Gasteiger partial charge is 0.494 e. The van der Waals surface area contributed by atoms with Gasteiger partial charge in [0, 0.05) is 5.56 Å². The van der Waals surface area contributed by atoms with Crippen LogP contribution in [0.3, 0.4) is 0 Å². The molecule has 1 fully saturated rings. The van der Waals surface area contributed by atoms with E-state index >= 15 is 0 Å². The van der Waals surface area contributed by atoms with Gasteiger partial charge in [0.15, 0.2) is 5.11 Å². The number of nitrogens with one attached hydrogen (secondary N) is 1. The number of thiocarbonyl (C=S) groups is 1. The molecule has 174 valence electrons. The summed E-state index contributed by atoms with van der Waals surface area (Å²) in [6.07, 6.45) is 1.58. The Kier molecular flexibility index (Phi) is 6.65. The minimum atomic E-state index is -0.545. The summed E-state index contributed by atoms with van der Waals surface area (Å²) in [6, 6.07) is 15.3. The van der Waals surface area contributed by atoms with Gasteiger partial charge in [-0.2, -0.15) is 0 Å². The first kappa shape index (κ1) is 23.4. The first-order valence-electron chi connectivity index (χ1n) is 11.1. The highest BCUT2D eigenvalue weighted by Crippen LogP contribution is 2.34. The van der Waals surface area contributed by atoms with E-state index in [-0.39, 0.29) is 10.7 Å². The van der Waals surface area contributed by atoms with Crippen molar-refractivity contribution in [3.05, 3.63) is 70.8 Å². The average Bonchev–Trinajstić information content (AvgIpc) is 2.77. The molecule has 1 aliphatic heterocycles. The highest BCUT2D eigenvalue weighted by molar-refractivity contribution is 7.80. The summed E-state index contributed by atoms with van der Waals surface area (Å²) in [6.45, 7) is 8.66. The number of benzene rings is 3. The zero-order valence-electron chi connectivity index (χ0n) is 19.6. The highest BCUT2D eigenvalue weighted by atomic mass is 32.1. The van der Waals surface area contributed by atoms with Crippen LogP contribution >= 0.6 is 12.2 Å². The lowest BCUT2D eigenvalue weighted by Crippen LogP contribution is -2.54. The summed E-state index contributed by atoms with van der Waals surface area (Å²) >= 11 is 5.36. The molecule has 1 aliphatic rings. The molecular formula is C27H26N2O4S.